The lowest BCUT2D eigenvalue weighted by molar-refractivity contribution is -0.138. The summed E-state index contributed by atoms with van der Waals surface area (Å²) in [4.78, 5) is 44.5. The summed E-state index contributed by atoms with van der Waals surface area (Å²) in [6.07, 6.45) is 0.207. The van der Waals surface area contributed by atoms with Gasteiger partial charge in [-0.25, -0.2) is 0 Å². The van der Waals surface area contributed by atoms with E-state index in [-0.39, 0.29) is 12.8 Å². The first-order valence-corrected chi connectivity index (χ1v) is 5.45. The van der Waals surface area contributed by atoms with E-state index < -0.39 is 46.7 Å². The van der Waals surface area contributed by atoms with Crippen LogP contribution in [-0.2, 0) is 19.2 Å². The van der Waals surface area contributed by atoms with Crippen molar-refractivity contribution in [3.05, 3.63) is 23.3 Å². The second kappa shape index (κ2) is 5.97. The number of carboxylic acid groups (broad SMARTS) is 1. The van der Waals surface area contributed by atoms with Crippen molar-refractivity contribution in [2.75, 3.05) is 0 Å². The molecule has 6 N–H and O–H groups in total. The van der Waals surface area contributed by atoms with Crippen LogP contribution in [0.3, 0.4) is 0 Å². The smallest absolute Gasteiger partial charge is 0.320 e. The predicted octanol–water partition coefficient (Wildman–Crippen LogP) is -1.34. The summed E-state index contributed by atoms with van der Waals surface area (Å²) < 4.78 is 0. The number of nitrogens with two attached hydrogens (primary N) is 1. The Hall–Kier alpha value is -2.68. The topological polar surface area (TPSA) is 167 Å². The van der Waals surface area contributed by atoms with E-state index in [2.05, 4.69) is 0 Å². The maximum atomic E-state index is 11.5. The van der Waals surface area contributed by atoms with Crippen molar-refractivity contribution >= 4 is 23.4 Å². The Bertz CT molecular complexity index is 547. The van der Waals surface area contributed by atoms with Gasteiger partial charge < -0.3 is 26.4 Å². The number of carboxylic acids is 1. The number of allylic oxidation sites excluding steroid dienone is 1. The Morgan fingerprint density at radius 1 is 1.25 bits per heavy atom. The van der Waals surface area contributed by atoms with E-state index in [9.17, 15) is 19.2 Å². The van der Waals surface area contributed by atoms with Crippen molar-refractivity contribution in [3.8, 4) is 0 Å². The molecule has 0 bridgehead atoms. The van der Waals surface area contributed by atoms with Gasteiger partial charge in [0.25, 0.3) is 0 Å². The quantitative estimate of drug-likeness (QED) is 0.386. The number of nitrogens with one attached hydrogen (secondary N) is 1. The maximum Gasteiger partial charge on any atom is 0.320 e. The third kappa shape index (κ3) is 3.42. The van der Waals surface area contributed by atoms with E-state index in [1.54, 1.807) is 0 Å². The Morgan fingerprint density at radius 2 is 1.85 bits per heavy atom. The third-order valence-electron chi connectivity index (χ3n) is 2.47. The van der Waals surface area contributed by atoms with Gasteiger partial charge in [-0.2, -0.15) is 0 Å². The molecular weight excluding hydrogens is 272 g/mol. The molecule has 0 aromatic carbocycles. The molecule has 0 aliphatic heterocycles. The first-order valence-electron chi connectivity index (χ1n) is 5.45. The minimum atomic E-state index is -1.27. The van der Waals surface area contributed by atoms with Crippen LogP contribution >= 0.6 is 0 Å². The number of ketones is 2. The highest BCUT2D eigenvalue weighted by Gasteiger charge is 2.29. The van der Waals surface area contributed by atoms with Crippen molar-refractivity contribution in [2.45, 2.75) is 18.9 Å². The maximum absolute atomic E-state index is 11.5. The summed E-state index contributed by atoms with van der Waals surface area (Å²) in [7, 11) is 0. The summed E-state index contributed by atoms with van der Waals surface area (Å²) >= 11 is 0. The lowest BCUT2D eigenvalue weighted by Gasteiger charge is -2.13. The molecule has 0 fully saturated rings. The molecule has 1 rings (SSSR count). The van der Waals surface area contributed by atoms with Gasteiger partial charge in [-0.15, -0.1) is 0 Å². The number of amides is 1. The second-order valence-corrected chi connectivity index (χ2v) is 3.98. The predicted molar refractivity (Wildman–Crippen MR) is 63.4 cm³/mol. The Labute approximate surface area is 112 Å². The van der Waals surface area contributed by atoms with Crippen LogP contribution in [0.4, 0.5) is 0 Å². The van der Waals surface area contributed by atoms with Gasteiger partial charge in [0, 0.05) is 12.5 Å². The highest BCUT2D eigenvalue weighted by Crippen LogP contribution is 2.13. The first kappa shape index (κ1) is 15.4. The summed E-state index contributed by atoms with van der Waals surface area (Å²) in [6.45, 7) is 0. The molecule has 108 valence electrons. The molecule has 0 radical (unpaired) electrons. The fourth-order valence-corrected chi connectivity index (χ4v) is 1.33. The fourth-order valence-electron chi connectivity index (χ4n) is 1.33. The minimum Gasteiger partial charge on any atom is -0.501 e. The van der Waals surface area contributed by atoms with E-state index in [0.29, 0.717) is 6.08 Å². The number of hydrogen-bond donors (Lipinski definition) is 5. The van der Waals surface area contributed by atoms with Crippen molar-refractivity contribution in [1.29, 1.82) is 0 Å². The number of aliphatic hydroxyl groups is 2. The largest absolute Gasteiger partial charge is 0.501 e. The average Bonchev–Trinajstić information content (AvgIpc) is 2.39. The summed E-state index contributed by atoms with van der Waals surface area (Å²) in [5.41, 5.74) is 4.69. The third-order valence-corrected chi connectivity index (χ3v) is 2.47. The molecule has 9 heteroatoms. The van der Waals surface area contributed by atoms with Crippen molar-refractivity contribution < 1.29 is 34.5 Å². The van der Waals surface area contributed by atoms with Crippen LogP contribution in [0.5, 0.6) is 0 Å². The summed E-state index contributed by atoms with van der Waals surface area (Å²) in [6, 6.07) is -1.23. The Balaban J connectivity index is 2.64. The lowest BCUT2D eigenvalue weighted by Crippen LogP contribution is -2.35. The highest BCUT2D eigenvalue weighted by atomic mass is 16.4. The van der Waals surface area contributed by atoms with Crippen LogP contribution in [0.1, 0.15) is 12.8 Å². The standard InChI is InChI=1S/C11H12N2O7/c12-4(11(19)20)1-2-7(15)13-5-3-6(14)9(17)10(18)8(5)16/h3-4,17-18H,1-2,12H2,(H,13,15)(H,19,20). The number of Topliss-reactive ketones (excluding diaryl/α,β-unsaturated/α-hetero) is 1. The number of rotatable bonds is 5. The Kier molecular flexibility index (Phi) is 4.59. The molecule has 0 heterocycles. The minimum absolute atomic E-state index is 0.163. The monoisotopic (exact) mass is 284 g/mol. The zero-order valence-corrected chi connectivity index (χ0v) is 10.1. The van der Waals surface area contributed by atoms with Gasteiger partial charge in [-0.05, 0) is 6.42 Å². The van der Waals surface area contributed by atoms with Crippen LogP contribution in [0.25, 0.3) is 0 Å². The molecule has 1 aliphatic rings. The molecule has 1 atom stereocenters. The molecule has 1 aliphatic carbocycles. The normalized spacial score (nSPS) is 16.8. The van der Waals surface area contributed by atoms with Crippen LogP contribution in [0.15, 0.2) is 23.3 Å². The number of carbonyl (C=O) groups is 4. The molecule has 1 amide bonds. The van der Waals surface area contributed by atoms with Crippen LogP contribution in [0, 0.1) is 0 Å². The molecule has 0 spiro atoms. The molecule has 0 saturated heterocycles. The number of aliphatic hydroxyl groups excluding tert-OH is 2. The van der Waals surface area contributed by atoms with E-state index in [1.165, 1.54) is 0 Å². The molecule has 1 unspecified atom stereocenters. The second-order valence-electron chi connectivity index (χ2n) is 3.98. The lowest BCUT2D eigenvalue weighted by atomic mass is 10.1. The van der Waals surface area contributed by atoms with Crippen LogP contribution in [0.2, 0.25) is 0 Å². The van der Waals surface area contributed by atoms with Gasteiger partial charge in [0.05, 0.1) is 5.70 Å². The van der Waals surface area contributed by atoms with Gasteiger partial charge in [0.15, 0.2) is 0 Å². The molecule has 9 nitrogen and oxygen atoms in total. The first-order chi connectivity index (χ1) is 9.23. The van der Waals surface area contributed by atoms with Gasteiger partial charge in [-0.1, -0.05) is 0 Å². The van der Waals surface area contributed by atoms with E-state index in [0.717, 1.165) is 0 Å². The highest BCUT2D eigenvalue weighted by molar-refractivity contribution is 6.21. The zero-order chi connectivity index (χ0) is 15.4. The number of aliphatic carboxylic acids is 1. The van der Waals surface area contributed by atoms with Crippen molar-refractivity contribution in [3.63, 3.8) is 0 Å². The zero-order valence-electron chi connectivity index (χ0n) is 10.1. The number of hydrogen-bond acceptors (Lipinski definition) is 7. The van der Waals surface area contributed by atoms with E-state index >= 15 is 0 Å². The van der Waals surface area contributed by atoms with Gasteiger partial charge in [0.1, 0.15) is 6.04 Å². The Morgan fingerprint density at radius 3 is 2.40 bits per heavy atom. The number of carbonyl (C=O) groups excluding carboxylic acids is 3. The fraction of sp³-hybridized carbons (Fsp3) is 0.273. The van der Waals surface area contributed by atoms with Gasteiger partial charge >= 0.3 is 5.97 Å². The van der Waals surface area contributed by atoms with Crippen LogP contribution in [-0.4, -0.2) is 44.8 Å². The molecule has 0 saturated carbocycles. The molecule has 20 heavy (non-hydrogen) atoms. The van der Waals surface area contributed by atoms with Gasteiger partial charge in [0.2, 0.25) is 29.0 Å². The van der Waals surface area contributed by atoms with Crippen molar-refractivity contribution in [1.82, 2.24) is 5.32 Å². The molecule has 0 aromatic rings. The SMILES string of the molecule is NC(CCC(=O)NC1=CC(=O)C(O)=C(O)C1=O)C(=O)O. The van der Waals surface area contributed by atoms with Gasteiger partial charge in [-0.3, -0.25) is 19.2 Å². The van der Waals surface area contributed by atoms with E-state index in [4.69, 9.17) is 21.1 Å². The molecular formula is C11H12N2O7. The summed E-state index contributed by atoms with van der Waals surface area (Å²) in [5.74, 6) is -6.41. The van der Waals surface area contributed by atoms with Crippen LogP contribution < -0.4 is 11.1 Å². The molecule has 0 aromatic heterocycles. The average molecular weight is 284 g/mol. The summed E-state index contributed by atoms with van der Waals surface area (Å²) in [5, 5.41) is 28.8. The van der Waals surface area contributed by atoms with E-state index in [1.807, 2.05) is 5.32 Å². The van der Waals surface area contributed by atoms with Crippen molar-refractivity contribution in [2.24, 2.45) is 5.73 Å².